The van der Waals surface area contributed by atoms with Gasteiger partial charge < -0.3 is 20.1 Å². The molecule has 0 aromatic heterocycles. The first-order chi connectivity index (χ1) is 7.68. The molecule has 0 aliphatic carbocycles. The summed E-state index contributed by atoms with van der Waals surface area (Å²) in [5, 5.41) is 7.08. The van der Waals surface area contributed by atoms with Gasteiger partial charge in [-0.25, -0.2) is 0 Å². The molecule has 2 unspecified atom stereocenters. The summed E-state index contributed by atoms with van der Waals surface area (Å²) in [5.41, 5.74) is 0.366. The van der Waals surface area contributed by atoms with E-state index in [1.54, 1.807) is 0 Å². The maximum atomic E-state index is 5.45. The second-order valence-corrected chi connectivity index (χ2v) is 5.55. The van der Waals surface area contributed by atoms with E-state index >= 15 is 0 Å². The van der Waals surface area contributed by atoms with E-state index in [0.717, 1.165) is 45.9 Å². The molecule has 16 heavy (non-hydrogen) atoms. The van der Waals surface area contributed by atoms with E-state index in [1.807, 2.05) is 0 Å². The third-order valence-corrected chi connectivity index (χ3v) is 3.41. The smallest absolute Gasteiger partial charge is 0.0620 e. The van der Waals surface area contributed by atoms with Crippen LogP contribution in [0.5, 0.6) is 0 Å². The highest BCUT2D eigenvalue weighted by Gasteiger charge is 2.33. The van der Waals surface area contributed by atoms with Crippen LogP contribution in [0, 0.1) is 5.41 Å². The van der Waals surface area contributed by atoms with Crippen LogP contribution in [0.1, 0.15) is 20.3 Å². The molecule has 4 nitrogen and oxygen atoms in total. The maximum absolute atomic E-state index is 5.45. The fourth-order valence-electron chi connectivity index (χ4n) is 2.25. The highest BCUT2D eigenvalue weighted by atomic mass is 16.5. The minimum absolute atomic E-state index is 0.366. The molecule has 2 aliphatic heterocycles. The molecular weight excluding hydrogens is 204 g/mol. The molecule has 4 heteroatoms. The van der Waals surface area contributed by atoms with Crippen LogP contribution in [0.25, 0.3) is 0 Å². The molecule has 2 N–H and O–H groups in total. The van der Waals surface area contributed by atoms with Crippen molar-refractivity contribution in [3.8, 4) is 0 Å². The Bertz CT molecular complexity index is 213. The Morgan fingerprint density at radius 2 is 2.25 bits per heavy atom. The van der Waals surface area contributed by atoms with Crippen molar-refractivity contribution in [2.75, 3.05) is 39.5 Å². The highest BCUT2D eigenvalue weighted by molar-refractivity contribution is 4.85. The topological polar surface area (TPSA) is 42.5 Å². The second-order valence-electron chi connectivity index (χ2n) is 5.55. The summed E-state index contributed by atoms with van der Waals surface area (Å²) in [5.74, 6) is 0. The van der Waals surface area contributed by atoms with Crippen molar-refractivity contribution in [3.05, 3.63) is 0 Å². The molecule has 94 valence electrons. The van der Waals surface area contributed by atoms with Crippen molar-refractivity contribution in [3.63, 3.8) is 0 Å². The molecule has 2 atom stereocenters. The van der Waals surface area contributed by atoms with Gasteiger partial charge >= 0.3 is 0 Å². The summed E-state index contributed by atoms with van der Waals surface area (Å²) in [4.78, 5) is 0. The van der Waals surface area contributed by atoms with Crippen molar-refractivity contribution < 1.29 is 9.47 Å². The predicted octanol–water partition coefficient (Wildman–Crippen LogP) is 0.380. The number of hydrogen-bond acceptors (Lipinski definition) is 4. The van der Waals surface area contributed by atoms with Crippen LogP contribution in [0.3, 0.4) is 0 Å². The minimum Gasteiger partial charge on any atom is -0.380 e. The number of ether oxygens (including phenoxy) is 2. The van der Waals surface area contributed by atoms with Crippen LogP contribution in [-0.4, -0.2) is 51.6 Å². The molecule has 2 fully saturated rings. The van der Waals surface area contributed by atoms with Gasteiger partial charge in [-0.05, 0) is 13.3 Å². The molecule has 0 amide bonds. The van der Waals surface area contributed by atoms with Crippen LogP contribution in [0.15, 0.2) is 0 Å². The van der Waals surface area contributed by atoms with E-state index in [1.165, 1.54) is 0 Å². The van der Waals surface area contributed by atoms with Gasteiger partial charge in [0.1, 0.15) is 0 Å². The lowest BCUT2D eigenvalue weighted by Gasteiger charge is -2.39. The third-order valence-electron chi connectivity index (χ3n) is 3.41. The summed E-state index contributed by atoms with van der Waals surface area (Å²) in [6.45, 7) is 10.1. The standard InChI is InChI=1S/C12H24N2O2/c1-10(5-11-6-15-4-3-13-11)14-7-12(2)8-16-9-12/h10-11,13-14H,3-9H2,1-2H3. The lowest BCUT2D eigenvalue weighted by molar-refractivity contribution is -0.100. The van der Waals surface area contributed by atoms with Crippen molar-refractivity contribution in [2.45, 2.75) is 32.4 Å². The molecule has 2 heterocycles. The summed E-state index contributed by atoms with van der Waals surface area (Å²) < 4.78 is 10.7. The molecule has 0 aromatic rings. The Balaban J connectivity index is 1.61. The Morgan fingerprint density at radius 3 is 2.81 bits per heavy atom. The fourth-order valence-corrected chi connectivity index (χ4v) is 2.25. The van der Waals surface area contributed by atoms with Crippen LogP contribution in [0.2, 0.25) is 0 Å². The average molecular weight is 228 g/mol. The van der Waals surface area contributed by atoms with Crippen molar-refractivity contribution >= 4 is 0 Å². The lowest BCUT2D eigenvalue weighted by atomic mass is 9.88. The molecule has 2 aliphatic rings. The van der Waals surface area contributed by atoms with Gasteiger partial charge in [0.05, 0.1) is 26.4 Å². The zero-order valence-electron chi connectivity index (χ0n) is 10.4. The van der Waals surface area contributed by atoms with E-state index in [4.69, 9.17) is 9.47 Å². The molecule has 0 aromatic carbocycles. The minimum atomic E-state index is 0.366. The quantitative estimate of drug-likeness (QED) is 0.714. The van der Waals surface area contributed by atoms with Crippen LogP contribution in [-0.2, 0) is 9.47 Å². The van der Waals surface area contributed by atoms with Crippen molar-refractivity contribution in [1.29, 1.82) is 0 Å². The van der Waals surface area contributed by atoms with Gasteiger partial charge in [0.25, 0.3) is 0 Å². The first kappa shape index (κ1) is 12.3. The predicted molar refractivity (Wildman–Crippen MR) is 63.6 cm³/mol. The third kappa shape index (κ3) is 3.42. The Labute approximate surface area is 98.1 Å². The maximum Gasteiger partial charge on any atom is 0.0620 e. The Hall–Kier alpha value is -0.160. The van der Waals surface area contributed by atoms with Gasteiger partial charge in [0.15, 0.2) is 0 Å². The van der Waals surface area contributed by atoms with Gasteiger partial charge in [0, 0.05) is 30.6 Å². The van der Waals surface area contributed by atoms with Gasteiger partial charge in [0.2, 0.25) is 0 Å². The van der Waals surface area contributed by atoms with Gasteiger partial charge in [-0.2, -0.15) is 0 Å². The van der Waals surface area contributed by atoms with E-state index in [-0.39, 0.29) is 0 Å². The van der Waals surface area contributed by atoms with Crippen LogP contribution >= 0.6 is 0 Å². The summed E-state index contributed by atoms with van der Waals surface area (Å²) in [6.07, 6.45) is 1.14. The summed E-state index contributed by atoms with van der Waals surface area (Å²) in [7, 11) is 0. The van der Waals surface area contributed by atoms with E-state index in [0.29, 0.717) is 17.5 Å². The molecule has 2 saturated heterocycles. The zero-order valence-corrected chi connectivity index (χ0v) is 10.4. The van der Waals surface area contributed by atoms with E-state index in [2.05, 4.69) is 24.5 Å². The Kier molecular flexibility index (Phi) is 4.19. The molecular formula is C12H24N2O2. The van der Waals surface area contributed by atoms with Gasteiger partial charge in [-0.1, -0.05) is 6.92 Å². The SMILES string of the molecule is CC(CC1COCCN1)NCC1(C)COC1. The lowest BCUT2D eigenvalue weighted by Crippen LogP contribution is -2.51. The van der Waals surface area contributed by atoms with Gasteiger partial charge in [-0.15, -0.1) is 0 Å². The molecule has 0 radical (unpaired) electrons. The van der Waals surface area contributed by atoms with Crippen molar-refractivity contribution in [2.24, 2.45) is 5.41 Å². The monoisotopic (exact) mass is 228 g/mol. The van der Waals surface area contributed by atoms with Crippen LogP contribution in [0.4, 0.5) is 0 Å². The molecule has 0 spiro atoms. The van der Waals surface area contributed by atoms with E-state index in [9.17, 15) is 0 Å². The summed E-state index contributed by atoms with van der Waals surface area (Å²) in [6, 6.07) is 1.05. The largest absolute Gasteiger partial charge is 0.380 e. The fraction of sp³-hybridized carbons (Fsp3) is 1.00. The number of rotatable bonds is 5. The van der Waals surface area contributed by atoms with Gasteiger partial charge in [-0.3, -0.25) is 0 Å². The molecule has 2 rings (SSSR count). The summed E-state index contributed by atoms with van der Waals surface area (Å²) >= 11 is 0. The van der Waals surface area contributed by atoms with Crippen molar-refractivity contribution in [1.82, 2.24) is 10.6 Å². The number of hydrogen-bond donors (Lipinski definition) is 2. The normalized spacial score (nSPS) is 30.8. The number of morpholine rings is 1. The first-order valence-electron chi connectivity index (χ1n) is 6.30. The second kappa shape index (κ2) is 5.45. The zero-order chi connectivity index (χ0) is 11.4. The van der Waals surface area contributed by atoms with E-state index < -0.39 is 0 Å². The molecule has 0 bridgehead atoms. The average Bonchev–Trinajstić information content (AvgIpc) is 2.25. The Morgan fingerprint density at radius 1 is 1.44 bits per heavy atom. The first-order valence-corrected chi connectivity index (χ1v) is 6.30. The van der Waals surface area contributed by atoms with Crippen LogP contribution < -0.4 is 10.6 Å². The number of nitrogens with one attached hydrogen (secondary N) is 2. The molecule has 0 saturated carbocycles. The highest BCUT2D eigenvalue weighted by Crippen LogP contribution is 2.25.